The van der Waals surface area contributed by atoms with Crippen LogP contribution in [0, 0.1) is 0 Å². The Morgan fingerprint density at radius 2 is 1.57 bits per heavy atom. The molecule has 0 unspecified atom stereocenters. The molecule has 5 fully saturated rings. The van der Waals surface area contributed by atoms with Crippen molar-refractivity contribution in [1.82, 2.24) is 14.5 Å². The number of esters is 1. The minimum atomic E-state index is -1.65. The van der Waals surface area contributed by atoms with Crippen LogP contribution in [0.1, 0.15) is 56.9 Å². The lowest BCUT2D eigenvalue weighted by molar-refractivity contribution is -0.272. The van der Waals surface area contributed by atoms with E-state index in [2.05, 4.69) is 15.3 Å². The van der Waals surface area contributed by atoms with Crippen LogP contribution in [0.4, 0.5) is 4.79 Å². The van der Waals surface area contributed by atoms with Gasteiger partial charge in [0, 0.05) is 30.0 Å². The Morgan fingerprint density at radius 1 is 0.902 bits per heavy atom. The average Bonchev–Trinajstić information content (AvgIpc) is 4.08. The molecule has 326 valence electrons. The number of ether oxygens (including phenoxy) is 10. The summed E-state index contributed by atoms with van der Waals surface area (Å²) in [5.74, 6) is -3.10. The third-order valence-corrected chi connectivity index (χ3v) is 11.3. The van der Waals surface area contributed by atoms with Crippen LogP contribution >= 0.6 is 0 Å². The van der Waals surface area contributed by atoms with E-state index in [4.69, 9.17) is 47.4 Å². The lowest BCUT2D eigenvalue weighted by Crippen LogP contribution is -2.58. The summed E-state index contributed by atoms with van der Waals surface area (Å²) in [6.07, 6.45) is -6.55. The monoisotopic (exact) mass is 848 g/mol. The van der Waals surface area contributed by atoms with Crippen LogP contribution in [0.2, 0.25) is 0 Å². The summed E-state index contributed by atoms with van der Waals surface area (Å²) in [4.78, 5) is 57.5. The molecule has 1 amide bonds. The number of methoxy groups -OCH3 is 1. The summed E-state index contributed by atoms with van der Waals surface area (Å²) >= 11 is 0. The first-order valence-electron chi connectivity index (χ1n) is 20.2. The molecule has 3 aromatic rings. The number of benzene rings is 2. The number of nitrogens with zero attached hydrogens (tertiary/aromatic N) is 5. The van der Waals surface area contributed by atoms with Gasteiger partial charge in [0.2, 0.25) is 0 Å². The zero-order valence-corrected chi connectivity index (χ0v) is 33.8. The number of alkyl carbamates (subject to hydrolysis) is 1. The molecule has 1 N–H and O–H groups in total. The Labute approximate surface area is 349 Å². The molecule has 4 saturated heterocycles. The number of hydrogen-bond donors (Lipinski definition) is 1. The van der Waals surface area contributed by atoms with E-state index < -0.39 is 96.2 Å². The highest BCUT2D eigenvalue weighted by Crippen LogP contribution is 2.49. The smallest absolute Gasteiger partial charge is 0.408 e. The molecule has 0 bridgehead atoms. The van der Waals surface area contributed by atoms with Gasteiger partial charge in [-0.2, -0.15) is 0 Å². The lowest BCUT2D eigenvalue weighted by Gasteiger charge is -2.35. The van der Waals surface area contributed by atoms with E-state index in [1.165, 1.54) is 16.8 Å². The Balaban J connectivity index is 1.13. The molecule has 61 heavy (non-hydrogen) atoms. The van der Waals surface area contributed by atoms with Crippen molar-refractivity contribution in [2.24, 2.45) is 5.11 Å². The maximum Gasteiger partial charge on any atom is 0.408 e. The van der Waals surface area contributed by atoms with Crippen LogP contribution in [-0.4, -0.2) is 101 Å². The van der Waals surface area contributed by atoms with Gasteiger partial charge in [-0.15, -0.1) is 0 Å². The summed E-state index contributed by atoms with van der Waals surface area (Å²) in [5, 5.41) is 6.33. The Bertz CT molecular complexity index is 2190. The van der Waals surface area contributed by atoms with Crippen LogP contribution in [0.25, 0.3) is 10.4 Å². The van der Waals surface area contributed by atoms with Crippen molar-refractivity contribution in [2.45, 2.75) is 132 Å². The molecule has 8 rings (SSSR count). The first-order chi connectivity index (χ1) is 29.5. The van der Waals surface area contributed by atoms with Crippen molar-refractivity contribution in [3.8, 4) is 0 Å². The second-order valence-electron chi connectivity index (χ2n) is 15.8. The van der Waals surface area contributed by atoms with Gasteiger partial charge < -0.3 is 52.7 Å². The molecule has 5 heterocycles. The summed E-state index contributed by atoms with van der Waals surface area (Å²) in [6.45, 7) is 2.87. The molecule has 10 atom stereocenters. The van der Waals surface area contributed by atoms with Gasteiger partial charge in [0.25, 0.3) is 5.56 Å². The molecule has 5 aliphatic rings. The third-order valence-electron chi connectivity index (χ3n) is 11.3. The van der Waals surface area contributed by atoms with E-state index >= 15 is 0 Å². The summed E-state index contributed by atoms with van der Waals surface area (Å²) < 4.78 is 64.1. The summed E-state index contributed by atoms with van der Waals surface area (Å²) in [5.41, 5.74) is 9.33. The van der Waals surface area contributed by atoms with Crippen molar-refractivity contribution >= 4 is 12.1 Å². The van der Waals surface area contributed by atoms with Crippen LogP contribution in [0.15, 0.2) is 87.6 Å². The van der Waals surface area contributed by atoms with Gasteiger partial charge in [-0.25, -0.2) is 19.0 Å². The molecule has 1 aliphatic carbocycles. The highest BCUT2D eigenvalue weighted by atomic mass is 16.8. The number of nitrogens with one attached hydrogen (secondary N) is 1. The molecule has 2 aromatic carbocycles. The summed E-state index contributed by atoms with van der Waals surface area (Å²) in [7, 11) is 1.14. The highest BCUT2D eigenvalue weighted by Gasteiger charge is 2.63. The zero-order chi connectivity index (χ0) is 42.7. The fraction of sp³-hybridized carbons (Fsp3) is 0.561. The van der Waals surface area contributed by atoms with Gasteiger partial charge in [-0.05, 0) is 43.3 Å². The van der Waals surface area contributed by atoms with Crippen molar-refractivity contribution in [1.29, 1.82) is 0 Å². The molecule has 4 aliphatic heterocycles. The number of carbonyl (C=O) groups excluding carboxylic acids is 2. The second kappa shape index (κ2) is 18.1. The predicted molar refractivity (Wildman–Crippen MR) is 208 cm³/mol. The first-order valence-corrected chi connectivity index (χ1v) is 20.2. The Hall–Kier alpha value is -5.15. The fourth-order valence-corrected chi connectivity index (χ4v) is 8.57. The van der Waals surface area contributed by atoms with Crippen LogP contribution < -0.4 is 16.6 Å². The maximum absolute atomic E-state index is 14.1. The topological polar surface area (TPSA) is 231 Å². The minimum Gasteiger partial charge on any atom is -0.467 e. The molecule has 0 radical (unpaired) electrons. The zero-order valence-electron chi connectivity index (χ0n) is 33.8. The molecule has 1 aromatic heterocycles. The average molecular weight is 849 g/mol. The van der Waals surface area contributed by atoms with E-state index in [0.717, 1.165) is 30.1 Å². The van der Waals surface area contributed by atoms with Crippen molar-refractivity contribution in [3.05, 3.63) is 115 Å². The summed E-state index contributed by atoms with van der Waals surface area (Å²) in [6, 6.07) is 17.7. The van der Waals surface area contributed by atoms with Crippen LogP contribution in [-0.2, 0) is 72.1 Å². The fourth-order valence-electron chi connectivity index (χ4n) is 8.57. The van der Waals surface area contributed by atoms with E-state index in [1.54, 1.807) is 38.1 Å². The number of rotatable bonds is 15. The quantitative estimate of drug-likeness (QED) is 0.0998. The first kappa shape index (κ1) is 42.5. The van der Waals surface area contributed by atoms with Crippen molar-refractivity contribution < 1.29 is 57.0 Å². The van der Waals surface area contributed by atoms with Crippen molar-refractivity contribution in [2.75, 3.05) is 13.7 Å². The maximum atomic E-state index is 14.1. The SMILES string of the molecule is COC(=O)[C@@H](NC(=O)OCc1ccccc1)[C@H](O[C@@H]1O[C@H](CN=[N+]=[N-])[C@H]2OC3(CCCC3)O[C@@H]12)[C@H]1O[C@@H](n2ccc(=O)n(COCc3ccccc3)c2=O)[C@@H]2OC(C)(C)O[C@H]12. The van der Waals surface area contributed by atoms with Gasteiger partial charge >= 0.3 is 17.8 Å². The number of carbonyl (C=O) groups is 2. The van der Waals surface area contributed by atoms with Gasteiger partial charge in [0.05, 0.1) is 26.4 Å². The molecular weight excluding hydrogens is 800 g/mol. The highest BCUT2D eigenvalue weighted by molar-refractivity contribution is 5.82. The Kier molecular flexibility index (Phi) is 12.6. The number of fused-ring (bicyclic) bond motifs is 2. The van der Waals surface area contributed by atoms with Gasteiger partial charge in [-0.1, -0.05) is 65.8 Å². The van der Waals surface area contributed by atoms with Gasteiger partial charge in [0.1, 0.15) is 50.0 Å². The third kappa shape index (κ3) is 9.09. The van der Waals surface area contributed by atoms with Crippen LogP contribution in [0.5, 0.6) is 0 Å². The van der Waals surface area contributed by atoms with E-state index in [1.807, 2.05) is 36.4 Å². The lowest BCUT2D eigenvalue weighted by atomic mass is 9.99. The minimum absolute atomic E-state index is 0.113. The number of hydrogen-bond acceptors (Lipinski definition) is 15. The Morgan fingerprint density at radius 3 is 2.26 bits per heavy atom. The second-order valence-corrected chi connectivity index (χ2v) is 15.8. The largest absolute Gasteiger partial charge is 0.467 e. The number of aromatic nitrogens is 2. The molecule has 1 saturated carbocycles. The molecular formula is C41H48N6O14. The van der Waals surface area contributed by atoms with E-state index in [-0.39, 0.29) is 26.5 Å². The van der Waals surface area contributed by atoms with E-state index in [0.29, 0.717) is 18.4 Å². The standard InChI is InChI=1S/C41H48N6O14/c1-40(2)58-32-31(56-35(33(32)59-40)46-19-16-27(48)47(39(46)51)23-53-21-24-12-6-4-7-13-24)30(28(36(49)52-3)44-38(50)54-22-25-14-8-5-9-15-25)57-37-34-29(26(55-37)20-43-45-42)60-41(61-34)17-10-11-18-41/h4-9,12-16,19,26,28-35,37H,10-11,17-18,20-23H2,1-3H3,(H,44,50)/t26-,28+,29-,30+,31-,32-,33-,34-,35-,37+/m1/s1. The van der Waals surface area contributed by atoms with Gasteiger partial charge in [0.15, 0.2) is 30.1 Å². The predicted octanol–water partition coefficient (Wildman–Crippen LogP) is 3.54. The number of azide groups is 1. The number of amides is 1. The molecule has 1 spiro atoms. The van der Waals surface area contributed by atoms with Crippen LogP contribution in [0.3, 0.4) is 0 Å². The van der Waals surface area contributed by atoms with Gasteiger partial charge in [-0.3, -0.25) is 9.36 Å². The van der Waals surface area contributed by atoms with Crippen molar-refractivity contribution in [3.63, 3.8) is 0 Å². The normalized spacial score (nSPS) is 29.0. The molecule has 20 heteroatoms. The van der Waals surface area contributed by atoms with E-state index in [9.17, 15) is 24.7 Å². The molecule has 20 nitrogen and oxygen atoms in total.